The van der Waals surface area contributed by atoms with Crippen molar-refractivity contribution in [2.75, 3.05) is 6.54 Å². The molecule has 3 heterocycles. The van der Waals surface area contributed by atoms with E-state index in [0.29, 0.717) is 6.54 Å². The van der Waals surface area contributed by atoms with E-state index in [0.717, 1.165) is 55.5 Å². The van der Waals surface area contributed by atoms with Crippen LogP contribution in [-0.2, 0) is 39.7 Å². The summed E-state index contributed by atoms with van der Waals surface area (Å²) in [6.07, 6.45) is 7.52. The number of nitrogens with zero attached hydrogens (tertiary/aromatic N) is 2. The molecule has 0 saturated carbocycles. The van der Waals surface area contributed by atoms with Crippen LogP contribution in [0.25, 0.3) is 22.4 Å². The van der Waals surface area contributed by atoms with Gasteiger partial charge in [-0.2, -0.15) is 0 Å². The molecule has 2 aromatic carbocycles. The van der Waals surface area contributed by atoms with Crippen molar-refractivity contribution in [3.05, 3.63) is 58.5 Å². The Hall–Kier alpha value is -3.10. The summed E-state index contributed by atoms with van der Waals surface area (Å²) in [7, 11) is -0.331. The number of rotatable bonds is 3. The lowest BCUT2D eigenvalue weighted by molar-refractivity contribution is 0.00578. The number of aromatic nitrogens is 2. The third kappa shape index (κ3) is 4.58. The number of aromatic amines is 1. The van der Waals surface area contributed by atoms with Crippen LogP contribution in [0.2, 0.25) is 0 Å². The van der Waals surface area contributed by atoms with Crippen molar-refractivity contribution in [3.63, 3.8) is 0 Å². The summed E-state index contributed by atoms with van der Waals surface area (Å²) in [6.45, 7) is 14.9. The van der Waals surface area contributed by atoms with Gasteiger partial charge in [0, 0.05) is 12.1 Å². The lowest BCUT2D eigenvalue weighted by atomic mass is 9.69. The molecule has 220 valence electrons. The van der Waals surface area contributed by atoms with Crippen molar-refractivity contribution in [3.8, 4) is 22.4 Å². The molecule has 0 spiro atoms. The highest BCUT2D eigenvalue weighted by molar-refractivity contribution is 6.62. The normalized spacial score (nSPS) is 21.9. The number of H-pyrrole nitrogens is 1. The topological polar surface area (TPSA) is 76.7 Å². The van der Waals surface area contributed by atoms with Gasteiger partial charge in [0.1, 0.15) is 11.4 Å². The van der Waals surface area contributed by atoms with E-state index in [4.69, 9.17) is 19.0 Å². The first-order valence-corrected chi connectivity index (χ1v) is 15.5. The van der Waals surface area contributed by atoms with Crippen molar-refractivity contribution in [2.45, 2.75) is 110 Å². The summed E-state index contributed by atoms with van der Waals surface area (Å²) < 4.78 is 18.5. The molecule has 2 saturated heterocycles. The number of likely N-dealkylation sites (tertiary alicyclic amines) is 1. The Bertz CT molecular complexity index is 1520. The third-order valence-corrected chi connectivity index (χ3v) is 9.83. The molecule has 2 fully saturated rings. The zero-order valence-corrected chi connectivity index (χ0v) is 26.0. The van der Waals surface area contributed by atoms with Gasteiger partial charge in [-0.1, -0.05) is 12.1 Å². The SMILES string of the molecule is CC(C)(C)OC(=O)N1CCC[C@H]1c1ncc(-c2cc3c4c(c2)CCc2cc(B5OC(C)(C)C(C)(C)O5)cc(c2-4)CC3)[nH]1. The number of amides is 1. The van der Waals surface area contributed by atoms with E-state index in [9.17, 15) is 4.79 Å². The average molecular weight is 568 g/mol. The summed E-state index contributed by atoms with van der Waals surface area (Å²) in [5, 5.41) is 0. The van der Waals surface area contributed by atoms with Crippen molar-refractivity contribution in [1.29, 1.82) is 0 Å². The van der Waals surface area contributed by atoms with Crippen LogP contribution in [0, 0.1) is 0 Å². The molecule has 0 unspecified atom stereocenters. The quantitative estimate of drug-likeness (QED) is 0.376. The molecule has 2 aliphatic carbocycles. The zero-order chi connectivity index (χ0) is 29.6. The average Bonchev–Trinajstić information content (AvgIpc) is 3.63. The molecule has 1 atom stereocenters. The smallest absolute Gasteiger partial charge is 0.444 e. The Labute approximate surface area is 249 Å². The van der Waals surface area contributed by atoms with Crippen LogP contribution >= 0.6 is 0 Å². The molecule has 0 radical (unpaired) electrons. The maximum Gasteiger partial charge on any atom is 0.494 e. The second kappa shape index (κ2) is 9.45. The molecule has 7 nitrogen and oxygen atoms in total. The minimum atomic E-state index is -0.519. The van der Waals surface area contributed by atoms with Gasteiger partial charge < -0.3 is 19.0 Å². The van der Waals surface area contributed by atoms with E-state index in [1.165, 1.54) is 38.9 Å². The number of hydrogen-bond acceptors (Lipinski definition) is 5. The van der Waals surface area contributed by atoms with Gasteiger partial charge in [-0.05, 0) is 138 Å². The Kier molecular flexibility index (Phi) is 6.24. The number of carbonyl (C=O) groups is 1. The maximum absolute atomic E-state index is 12.9. The number of aryl methyl sites for hydroxylation is 4. The molecule has 3 aromatic rings. The Morgan fingerprint density at radius 2 is 1.50 bits per heavy atom. The number of ether oxygens (including phenoxy) is 1. The summed E-state index contributed by atoms with van der Waals surface area (Å²) >= 11 is 0. The minimum Gasteiger partial charge on any atom is -0.444 e. The molecule has 1 aromatic heterocycles. The van der Waals surface area contributed by atoms with Gasteiger partial charge in [0.15, 0.2) is 0 Å². The fourth-order valence-electron chi connectivity index (χ4n) is 7.05. The fourth-order valence-corrected chi connectivity index (χ4v) is 7.05. The van der Waals surface area contributed by atoms with E-state index in [1.807, 2.05) is 31.9 Å². The molecule has 8 heteroatoms. The monoisotopic (exact) mass is 567 g/mol. The van der Waals surface area contributed by atoms with Crippen LogP contribution in [-0.4, -0.2) is 51.4 Å². The lowest BCUT2D eigenvalue weighted by Gasteiger charge is -2.32. The van der Waals surface area contributed by atoms with Gasteiger partial charge in [0.2, 0.25) is 0 Å². The van der Waals surface area contributed by atoms with Gasteiger partial charge in [0.25, 0.3) is 0 Å². The van der Waals surface area contributed by atoms with Crippen LogP contribution in [0.1, 0.15) is 95.4 Å². The first-order valence-electron chi connectivity index (χ1n) is 15.5. The van der Waals surface area contributed by atoms with Gasteiger partial charge in [0.05, 0.1) is 29.1 Å². The maximum atomic E-state index is 12.9. The number of carbonyl (C=O) groups excluding carboxylic acids is 1. The largest absolute Gasteiger partial charge is 0.494 e. The Morgan fingerprint density at radius 3 is 2.05 bits per heavy atom. The number of nitrogens with one attached hydrogen (secondary N) is 1. The molecule has 7 rings (SSSR count). The van der Waals surface area contributed by atoms with Crippen molar-refractivity contribution in [1.82, 2.24) is 14.9 Å². The Morgan fingerprint density at radius 1 is 0.952 bits per heavy atom. The first-order chi connectivity index (χ1) is 19.8. The van der Waals surface area contributed by atoms with Crippen LogP contribution in [0.4, 0.5) is 4.79 Å². The summed E-state index contributed by atoms with van der Waals surface area (Å²) in [4.78, 5) is 23.0. The van der Waals surface area contributed by atoms with E-state index in [1.54, 1.807) is 0 Å². The van der Waals surface area contributed by atoms with E-state index >= 15 is 0 Å². The van der Waals surface area contributed by atoms with Crippen molar-refractivity contribution < 1.29 is 18.8 Å². The summed E-state index contributed by atoms with van der Waals surface area (Å²) in [6, 6.07) is 9.25. The van der Waals surface area contributed by atoms with E-state index in [2.05, 4.69) is 56.9 Å². The fraction of sp³-hybridized carbons (Fsp3) is 0.529. The van der Waals surface area contributed by atoms with Crippen molar-refractivity contribution >= 4 is 18.7 Å². The molecule has 1 N–H and O–H groups in total. The number of hydrogen-bond donors (Lipinski definition) is 1. The van der Waals surface area contributed by atoms with Gasteiger partial charge in [-0.25, -0.2) is 9.78 Å². The van der Waals surface area contributed by atoms with Crippen LogP contribution in [0.15, 0.2) is 30.5 Å². The van der Waals surface area contributed by atoms with E-state index < -0.39 is 5.60 Å². The molecule has 2 aliphatic heterocycles. The highest BCUT2D eigenvalue weighted by Gasteiger charge is 2.52. The lowest BCUT2D eigenvalue weighted by Crippen LogP contribution is -2.41. The van der Waals surface area contributed by atoms with E-state index in [-0.39, 0.29) is 30.5 Å². The van der Waals surface area contributed by atoms with Gasteiger partial charge in [-0.15, -0.1) is 0 Å². The van der Waals surface area contributed by atoms with Gasteiger partial charge in [-0.3, -0.25) is 4.90 Å². The van der Waals surface area contributed by atoms with Crippen LogP contribution < -0.4 is 5.46 Å². The zero-order valence-electron chi connectivity index (χ0n) is 26.0. The highest BCUT2D eigenvalue weighted by Crippen LogP contribution is 2.45. The number of imidazole rings is 1. The van der Waals surface area contributed by atoms with Crippen LogP contribution in [0.5, 0.6) is 0 Å². The molecular weight excluding hydrogens is 525 g/mol. The molecular formula is C34H42BN3O4. The first kappa shape index (κ1) is 27.7. The molecule has 1 amide bonds. The Balaban J connectivity index is 1.18. The minimum absolute atomic E-state index is 0.0859. The molecule has 4 aliphatic rings. The summed E-state index contributed by atoms with van der Waals surface area (Å²) in [5.74, 6) is 0.836. The third-order valence-electron chi connectivity index (χ3n) is 9.83. The standard InChI is InChI=1S/C34H42BN3O4/c1-32(2,3)40-31(39)38-14-8-9-27(38)30-36-19-26(37-30)24-15-20-10-12-22-17-25(35-41-33(4,5)34(6,7)42-35)18-23-13-11-21(16-24)28(20)29(22)23/h15-19,27H,8-14H2,1-7H3,(H,36,37)/t27-/m0/s1. The molecule has 42 heavy (non-hydrogen) atoms. The second-order valence-electron chi connectivity index (χ2n) is 14.5. The predicted octanol–water partition coefficient (Wildman–Crippen LogP) is 6.31. The predicted molar refractivity (Wildman–Crippen MR) is 165 cm³/mol. The van der Waals surface area contributed by atoms with Gasteiger partial charge >= 0.3 is 13.2 Å². The van der Waals surface area contributed by atoms with Crippen molar-refractivity contribution in [2.24, 2.45) is 0 Å². The second-order valence-corrected chi connectivity index (χ2v) is 14.5. The number of benzene rings is 2. The highest BCUT2D eigenvalue weighted by atomic mass is 16.7. The summed E-state index contributed by atoms with van der Waals surface area (Å²) in [5.41, 5.74) is 10.6. The molecule has 0 bridgehead atoms. The van der Waals surface area contributed by atoms with Crippen LogP contribution in [0.3, 0.4) is 0 Å².